The van der Waals surface area contributed by atoms with Crippen LogP contribution in [0.2, 0.25) is 0 Å². The first-order valence-electron chi connectivity index (χ1n) is 9.08. The normalized spacial score (nSPS) is 11.0. The van der Waals surface area contributed by atoms with Crippen molar-refractivity contribution < 1.29 is 18.3 Å². The third-order valence-corrected chi connectivity index (χ3v) is 4.79. The van der Waals surface area contributed by atoms with Crippen LogP contribution in [0.3, 0.4) is 0 Å². The Labute approximate surface area is 166 Å². The molecule has 0 aliphatic heterocycles. The van der Waals surface area contributed by atoms with Crippen LogP contribution in [-0.2, 0) is 0 Å². The van der Waals surface area contributed by atoms with Gasteiger partial charge in [0.25, 0.3) is 0 Å². The summed E-state index contributed by atoms with van der Waals surface area (Å²) in [5, 5.41) is 0.761. The number of Topliss-reactive ketones (excluding diaryl/α,β-unsaturated/α-hetero) is 1. The van der Waals surface area contributed by atoms with E-state index in [9.17, 15) is 14.0 Å². The molecule has 0 saturated heterocycles. The predicted octanol–water partition coefficient (Wildman–Crippen LogP) is 4.60. The van der Waals surface area contributed by atoms with Crippen LogP contribution in [0.5, 0.6) is 5.75 Å². The minimum atomic E-state index is -0.452. The lowest BCUT2D eigenvalue weighted by atomic mass is 10.1. The summed E-state index contributed by atoms with van der Waals surface area (Å²) in [6, 6.07) is 16.2. The molecule has 29 heavy (non-hydrogen) atoms. The second-order valence-corrected chi connectivity index (χ2v) is 6.74. The van der Waals surface area contributed by atoms with Crippen LogP contribution < -0.4 is 10.4 Å². The maximum Gasteiger partial charge on any atom is 0.336 e. The molecule has 0 radical (unpaired) electrons. The van der Waals surface area contributed by atoms with Crippen LogP contribution in [0.4, 0.5) is 4.39 Å². The molecular formula is C23H18FNO4. The lowest BCUT2D eigenvalue weighted by Crippen LogP contribution is -2.13. The monoisotopic (exact) mass is 391 g/mol. The number of carbonyl (C=O) groups excluding carboxylic acids is 1. The quantitative estimate of drug-likeness (QED) is 0.368. The Bertz CT molecular complexity index is 1290. The van der Waals surface area contributed by atoms with Gasteiger partial charge in [0.05, 0.1) is 5.69 Å². The molecule has 0 bridgehead atoms. The fourth-order valence-electron chi connectivity index (χ4n) is 3.41. The molecule has 0 unspecified atom stereocenters. The number of aryl methyl sites for hydroxylation is 1. The third-order valence-electron chi connectivity index (χ3n) is 4.79. The molecule has 4 aromatic rings. The van der Waals surface area contributed by atoms with Crippen molar-refractivity contribution in [3.8, 4) is 11.4 Å². The maximum atomic E-state index is 14.2. The highest BCUT2D eigenvalue weighted by Gasteiger charge is 2.18. The zero-order valence-electron chi connectivity index (χ0n) is 15.9. The molecule has 0 spiro atoms. The summed E-state index contributed by atoms with van der Waals surface area (Å²) in [6.45, 7) is 3.41. The minimum Gasteiger partial charge on any atom is -0.485 e. The third kappa shape index (κ3) is 3.57. The highest BCUT2D eigenvalue weighted by molar-refractivity contribution is 5.98. The number of ether oxygens (including phenoxy) is 1. The van der Waals surface area contributed by atoms with Gasteiger partial charge < -0.3 is 13.7 Å². The number of aromatic nitrogens is 1. The molecule has 0 aliphatic rings. The molecule has 0 fully saturated rings. The lowest BCUT2D eigenvalue weighted by Gasteiger charge is -2.11. The molecule has 2 aromatic carbocycles. The number of hydrogen-bond acceptors (Lipinski definition) is 4. The average molecular weight is 391 g/mol. The van der Waals surface area contributed by atoms with Gasteiger partial charge in [-0.05, 0) is 50.2 Å². The standard InChI is InChI=1S/C23H18FNO4/c1-14-11-18(15(2)25(14)20-6-4-3-5-19(20)24)21(26)13-28-17-9-7-16-8-10-23(27)29-22(16)12-17/h3-12H,13H2,1-2H3. The van der Waals surface area contributed by atoms with E-state index >= 15 is 0 Å². The van der Waals surface area contributed by atoms with Gasteiger partial charge >= 0.3 is 5.63 Å². The molecule has 5 nitrogen and oxygen atoms in total. The van der Waals surface area contributed by atoms with E-state index in [0.717, 1.165) is 11.1 Å². The highest BCUT2D eigenvalue weighted by atomic mass is 19.1. The van der Waals surface area contributed by atoms with E-state index in [0.29, 0.717) is 28.3 Å². The molecule has 0 aliphatic carbocycles. The van der Waals surface area contributed by atoms with E-state index in [4.69, 9.17) is 9.15 Å². The Hall–Kier alpha value is -3.67. The number of ketones is 1. The molecule has 6 heteroatoms. The van der Waals surface area contributed by atoms with Crippen molar-refractivity contribution in [2.24, 2.45) is 0 Å². The van der Waals surface area contributed by atoms with Crippen LogP contribution in [0, 0.1) is 19.7 Å². The fourth-order valence-corrected chi connectivity index (χ4v) is 3.41. The van der Waals surface area contributed by atoms with E-state index in [1.165, 1.54) is 12.1 Å². The number of rotatable bonds is 5. The molecular weight excluding hydrogens is 373 g/mol. The van der Waals surface area contributed by atoms with Crippen molar-refractivity contribution in [2.45, 2.75) is 13.8 Å². The molecule has 0 amide bonds. The number of para-hydroxylation sites is 1. The minimum absolute atomic E-state index is 0.190. The summed E-state index contributed by atoms with van der Waals surface area (Å²) >= 11 is 0. The van der Waals surface area contributed by atoms with Gasteiger partial charge in [0.2, 0.25) is 5.78 Å². The van der Waals surface area contributed by atoms with Gasteiger partial charge in [-0.25, -0.2) is 9.18 Å². The molecule has 2 heterocycles. The van der Waals surface area contributed by atoms with E-state index in [-0.39, 0.29) is 18.2 Å². The van der Waals surface area contributed by atoms with Crippen LogP contribution in [0.25, 0.3) is 16.7 Å². The molecule has 2 aromatic heterocycles. The average Bonchev–Trinajstić information content (AvgIpc) is 3.00. The Morgan fingerprint density at radius 1 is 1.07 bits per heavy atom. The summed E-state index contributed by atoms with van der Waals surface area (Å²) in [5.41, 5.74) is 2.20. The molecule has 0 atom stereocenters. The molecule has 0 N–H and O–H groups in total. The van der Waals surface area contributed by atoms with Crippen molar-refractivity contribution >= 4 is 16.8 Å². The summed E-state index contributed by atoms with van der Waals surface area (Å²) in [6.07, 6.45) is 0. The van der Waals surface area contributed by atoms with Gasteiger partial charge in [0.1, 0.15) is 17.1 Å². The Morgan fingerprint density at radius 2 is 1.83 bits per heavy atom. The first-order valence-corrected chi connectivity index (χ1v) is 9.08. The van der Waals surface area contributed by atoms with Gasteiger partial charge in [-0.2, -0.15) is 0 Å². The number of fused-ring (bicyclic) bond motifs is 1. The fraction of sp³-hybridized carbons (Fsp3) is 0.130. The topological polar surface area (TPSA) is 61.4 Å². The van der Waals surface area contributed by atoms with Crippen LogP contribution in [0.1, 0.15) is 21.7 Å². The maximum absolute atomic E-state index is 14.2. The number of carbonyl (C=O) groups is 1. The van der Waals surface area contributed by atoms with Gasteiger partial charge in [-0.3, -0.25) is 4.79 Å². The Balaban J connectivity index is 1.57. The summed E-state index contributed by atoms with van der Waals surface area (Å²) < 4.78 is 26.7. The van der Waals surface area contributed by atoms with E-state index < -0.39 is 5.63 Å². The van der Waals surface area contributed by atoms with Gasteiger partial charge in [-0.1, -0.05) is 12.1 Å². The Morgan fingerprint density at radius 3 is 2.62 bits per heavy atom. The van der Waals surface area contributed by atoms with Crippen molar-refractivity contribution in [1.82, 2.24) is 4.57 Å². The SMILES string of the molecule is Cc1cc(C(=O)COc2ccc3ccc(=O)oc3c2)c(C)n1-c1ccccc1F. The second-order valence-electron chi connectivity index (χ2n) is 6.74. The van der Waals surface area contributed by atoms with E-state index in [1.807, 2.05) is 6.92 Å². The number of halogens is 1. The lowest BCUT2D eigenvalue weighted by molar-refractivity contribution is 0.0921. The summed E-state index contributed by atoms with van der Waals surface area (Å²) in [4.78, 5) is 24.1. The second kappa shape index (κ2) is 7.39. The van der Waals surface area contributed by atoms with Gasteiger partial charge in [0.15, 0.2) is 6.61 Å². The van der Waals surface area contributed by atoms with E-state index in [1.54, 1.807) is 60.0 Å². The predicted molar refractivity (Wildman–Crippen MR) is 108 cm³/mol. The first kappa shape index (κ1) is 18.7. The first-order chi connectivity index (χ1) is 13.9. The number of hydrogen-bond donors (Lipinski definition) is 0. The largest absolute Gasteiger partial charge is 0.485 e. The van der Waals surface area contributed by atoms with Gasteiger partial charge in [-0.15, -0.1) is 0 Å². The van der Waals surface area contributed by atoms with Gasteiger partial charge in [0, 0.05) is 34.5 Å². The van der Waals surface area contributed by atoms with Crippen molar-refractivity contribution in [3.05, 3.63) is 93.9 Å². The van der Waals surface area contributed by atoms with Crippen molar-refractivity contribution in [3.63, 3.8) is 0 Å². The Kier molecular flexibility index (Phi) is 4.76. The van der Waals surface area contributed by atoms with Crippen LogP contribution in [-0.4, -0.2) is 17.0 Å². The van der Waals surface area contributed by atoms with Crippen LogP contribution >= 0.6 is 0 Å². The van der Waals surface area contributed by atoms with Crippen LogP contribution in [0.15, 0.2) is 69.9 Å². The van der Waals surface area contributed by atoms with E-state index in [2.05, 4.69) is 0 Å². The number of benzene rings is 2. The molecule has 0 saturated carbocycles. The zero-order valence-corrected chi connectivity index (χ0v) is 15.9. The summed E-state index contributed by atoms with van der Waals surface area (Å²) in [7, 11) is 0. The smallest absolute Gasteiger partial charge is 0.336 e. The molecule has 4 rings (SSSR count). The zero-order chi connectivity index (χ0) is 20.5. The highest BCUT2D eigenvalue weighted by Crippen LogP contribution is 2.24. The van der Waals surface area contributed by atoms with Crippen molar-refractivity contribution in [1.29, 1.82) is 0 Å². The summed E-state index contributed by atoms with van der Waals surface area (Å²) in [5.74, 6) is -0.166. The molecule has 146 valence electrons. The van der Waals surface area contributed by atoms with Crippen molar-refractivity contribution in [2.75, 3.05) is 6.61 Å². The number of nitrogens with zero attached hydrogens (tertiary/aromatic N) is 1.